The van der Waals surface area contributed by atoms with Gasteiger partial charge in [-0.25, -0.2) is 13.8 Å². The quantitative estimate of drug-likeness (QED) is 0.311. The Bertz CT molecular complexity index is 1190. The molecule has 2 N–H and O–H groups in total. The first kappa shape index (κ1) is 24.6. The van der Waals surface area contributed by atoms with E-state index in [9.17, 15) is 23.3 Å². The first-order valence-corrected chi connectivity index (χ1v) is 11.4. The Labute approximate surface area is 187 Å². The summed E-state index contributed by atoms with van der Waals surface area (Å²) >= 11 is 0. The highest BCUT2D eigenvalue weighted by atomic mass is 31.2. The van der Waals surface area contributed by atoms with Gasteiger partial charge >= 0.3 is 19.4 Å². The minimum absolute atomic E-state index is 0.0420. The number of hydrogen-bond donors (Lipinski definition) is 2. The van der Waals surface area contributed by atoms with Crippen LogP contribution in [0.2, 0.25) is 0 Å². The van der Waals surface area contributed by atoms with E-state index in [1.165, 1.54) is 36.9 Å². The van der Waals surface area contributed by atoms with E-state index < -0.39 is 49.2 Å². The fraction of sp³-hybridized carbons (Fsp3) is 0.350. The zero-order valence-corrected chi connectivity index (χ0v) is 18.9. The molecule has 4 atom stereocenters. The summed E-state index contributed by atoms with van der Waals surface area (Å²) in [6.45, 7) is 2.68. The molecule has 2 heterocycles. The summed E-state index contributed by atoms with van der Waals surface area (Å²) in [4.78, 5) is 37.6. The topological polar surface area (TPSA) is 138 Å². The van der Waals surface area contributed by atoms with Gasteiger partial charge in [0.05, 0.1) is 13.7 Å². The van der Waals surface area contributed by atoms with Gasteiger partial charge in [-0.2, -0.15) is 5.09 Å². The fourth-order valence-corrected chi connectivity index (χ4v) is 4.38. The molecule has 2 aromatic rings. The molecular formula is C20H23FN3O8P. The van der Waals surface area contributed by atoms with Crippen molar-refractivity contribution in [2.75, 3.05) is 13.7 Å². The average molecular weight is 483 g/mol. The maximum atomic E-state index is 13.3. The van der Waals surface area contributed by atoms with Crippen LogP contribution in [0.5, 0.6) is 5.75 Å². The van der Waals surface area contributed by atoms with Gasteiger partial charge in [0.15, 0.2) is 6.23 Å². The highest BCUT2D eigenvalue weighted by molar-refractivity contribution is 7.52. The van der Waals surface area contributed by atoms with Crippen molar-refractivity contribution in [3.05, 3.63) is 74.8 Å². The van der Waals surface area contributed by atoms with Crippen molar-refractivity contribution in [2.24, 2.45) is 0 Å². The number of esters is 1. The maximum Gasteiger partial charge on any atom is 0.459 e. The normalized spacial score (nSPS) is 20.2. The monoisotopic (exact) mass is 483 g/mol. The Balaban J connectivity index is 1.71. The van der Waals surface area contributed by atoms with Crippen molar-refractivity contribution in [2.45, 2.75) is 32.2 Å². The van der Waals surface area contributed by atoms with E-state index in [2.05, 4.69) is 14.8 Å². The lowest BCUT2D eigenvalue weighted by Crippen LogP contribution is -2.35. The number of carbonyl (C=O) groups excluding carboxylic acids is 1. The number of nitrogens with zero attached hydrogens (tertiary/aromatic N) is 1. The molecule has 178 valence electrons. The molecule has 1 aromatic carbocycles. The van der Waals surface area contributed by atoms with Crippen LogP contribution in [-0.2, 0) is 23.4 Å². The van der Waals surface area contributed by atoms with Crippen molar-refractivity contribution in [3.8, 4) is 5.75 Å². The third kappa shape index (κ3) is 6.26. The largest absolute Gasteiger partial charge is 0.468 e. The van der Waals surface area contributed by atoms with Crippen LogP contribution in [-0.4, -0.2) is 41.4 Å². The number of nitrogens with one attached hydrogen (secondary N) is 2. The second-order valence-electron chi connectivity index (χ2n) is 7.14. The van der Waals surface area contributed by atoms with E-state index in [0.29, 0.717) is 5.56 Å². The number of ether oxygens (including phenoxy) is 2. The number of methoxy groups -OCH3 is 1. The molecule has 0 spiro atoms. The standard InChI is InChI=1S/C20H23FN3O8P/c1-12-10-24(20(27)22-18(12)25)17-9-8-16(31-17)11-30-33(28,23-13(2)19(26)29-3)32-15-6-4-14(21)5-7-15/h4-10,13,16-17H,11H2,1-3H3,(H,23,28)(H,22,25,27)/t13-,16-,17+,33?/m0/s1. The van der Waals surface area contributed by atoms with Crippen LogP contribution in [0.3, 0.4) is 0 Å². The average Bonchev–Trinajstić information content (AvgIpc) is 3.25. The molecule has 0 saturated heterocycles. The first-order chi connectivity index (χ1) is 15.6. The Morgan fingerprint density at radius 1 is 1.30 bits per heavy atom. The number of halogens is 1. The molecule has 3 rings (SSSR count). The van der Waals surface area contributed by atoms with E-state index in [1.807, 2.05) is 0 Å². The lowest BCUT2D eigenvalue weighted by molar-refractivity contribution is -0.142. The molecule has 13 heteroatoms. The van der Waals surface area contributed by atoms with Crippen LogP contribution < -0.4 is 20.9 Å². The number of H-pyrrole nitrogens is 1. The van der Waals surface area contributed by atoms with Crippen LogP contribution >= 0.6 is 7.75 Å². The molecule has 0 radical (unpaired) electrons. The Kier molecular flexibility index (Phi) is 7.65. The van der Waals surface area contributed by atoms with Crippen molar-refractivity contribution in [1.82, 2.24) is 14.6 Å². The number of rotatable bonds is 9. The second kappa shape index (κ2) is 10.3. The molecule has 0 saturated carbocycles. The highest BCUT2D eigenvalue weighted by Crippen LogP contribution is 2.45. The van der Waals surface area contributed by atoms with E-state index in [1.54, 1.807) is 19.1 Å². The number of aromatic nitrogens is 2. The van der Waals surface area contributed by atoms with E-state index in [0.717, 1.165) is 12.1 Å². The minimum Gasteiger partial charge on any atom is -0.468 e. The lowest BCUT2D eigenvalue weighted by Gasteiger charge is -2.24. The Morgan fingerprint density at radius 3 is 2.67 bits per heavy atom. The van der Waals surface area contributed by atoms with Gasteiger partial charge in [0, 0.05) is 11.8 Å². The first-order valence-electron chi connectivity index (χ1n) is 9.81. The van der Waals surface area contributed by atoms with Gasteiger partial charge in [0.25, 0.3) is 5.56 Å². The summed E-state index contributed by atoms with van der Waals surface area (Å²) < 4.78 is 48.9. The zero-order chi connectivity index (χ0) is 24.2. The molecule has 33 heavy (non-hydrogen) atoms. The molecule has 0 bridgehead atoms. The van der Waals surface area contributed by atoms with Crippen LogP contribution in [0.4, 0.5) is 4.39 Å². The number of carbonyl (C=O) groups is 1. The van der Waals surface area contributed by atoms with Gasteiger partial charge in [-0.3, -0.25) is 23.7 Å². The molecule has 0 fully saturated rings. The minimum atomic E-state index is -4.15. The van der Waals surface area contributed by atoms with Crippen LogP contribution in [0.1, 0.15) is 18.7 Å². The predicted octanol–water partition coefficient (Wildman–Crippen LogP) is 1.79. The zero-order valence-electron chi connectivity index (χ0n) is 18.0. The second-order valence-corrected chi connectivity index (χ2v) is 8.83. The number of aryl methyl sites for hydroxylation is 1. The molecule has 0 aliphatic carbocycles. The summed E-state index contributed by atoms with van der Waals surface area (Å²) in [5, 5.41) is 2.47. The summed E-state index contributed by atoms with van der Waals surface area (Å²) in [6.07, 6.45) is 2.98. The third-order valence-electron chi connectivity index (χ3n) is 4.58. The van der Waals surface area contributed by atoms with Gasteiger partial charge in [0.2, 0.25) is 0 Å². The van der Waals surface area contributed by atoms with E-state index in [4.69, 9.17) is 13.8 Å². The van der Waals surface area contributed by atoms with Crippen LogP contribution in [0.25, 0.3) is 0 Å². The molecule has 11 nitrogen and oxygen atoms in total. The van der Waals surface area contributed by atoms with Gasteiger partial charge in [-0.05, 0) is 44.2 Å². The van der Waals surface area contributed by atoms with Gasteiger partial charge in [-0.1, -0.05) is 6.08 Å². The summed E-state index contributed by atoms with van der Waals surface area (Å²) in [5.74, 6) is -1.18. The third-order valence-corrected chi connectivity index (χ3v) is 6.22. The van der Waals surface area contributed by atoms with Gasteiger partial charge in [0.1, 0.15) is 23.7 Å². The summed E-state index contributed by atoms with van der Waals surface area (Å²) in [6, 6.07) is 3.68. The van der Waals surface area contributed by atoms with Crippen molar-refractivity contribution >= 4 is 13.7 Å². The highest BCUT2D eigenvalue weighted by Gasteiger charge is 2.34. The Morgan fingerprint density at radius 2 is 2.00 bits per heavy atom. The lowest BCUT2D eigenvalue weighted by atomic mass is 10.3. The van der Waals surface area contributed by atoms with E-state index in [-0.39, 0.29) is 12.4 Å². The molecule has 1 aliphatic heterocycles. The SMILES string of the molecule is COC(=O)[C@H](C)NP(=O)(OC[C@@H]1C=C[C@H](n2cc(C)c(=O)[nH]c2=O)O1)Oc1ccc(F)cc1. The summed E-state index contributed by atoms with van der Waals surface area (Å²) in [7, 11) is -2.98. The predicted molar refractivity (Wildman–Crippen MR) is 114 cm³/mol. The van der Waals surface area contributed by atoms with Crippen LogP contribution in [0.15, 0.2) is 52.2 Å². The number of aromatic amines is 1. The van der Waals surface area contributed by atoms with E-state index >= 15 is 0 Å². The molecule has 1 aliphatic rings. The number of hydrogen-bond acceptors (Lipinski definition) is 8. The van der Waals surface area contributed by atoms with Gasteiger partial charge < -0.3 is 14.0 Å². The molecule has 1 aromatic heterocycles. The fourth-order valence-electron chi connectivity index (χ4n) is 2.88. The number of benzene rings is 1. The Hall–Kier alpha value is -3.05. The van der Waals surface area contributed by atoms with Crippen molar-refractivity contribution in [3.63, 3.8) is 0 Å². The van der Waals surface area contributed by atoms with Gasteiger partial charge in [-0.15, -0.1) is 0 Å². The van der Waals surface area contributed by atoms with Crippen molar-refractivity contribution in [1.29, 1.82) is 0 Å². The smallest absolute Gasteiger partial charge is 0.459 e. The molecular weight excluding hydrogens is 460 g/mol. The summed E-state index contributed by atoms with van der Waals surface area (Å²) in [5.41, 5.74) is -0.826. The maximum absolute atomic E-state index is 13.3. The molecule has 0 amide bonds. The van der Waals surface area contributed by atoms with Crippen LogP contribution in [0, 0.1) is 12.7 Å². The van der Waals surface area contributed by atoms with Crippen molar-refractivity contribution < 1.29 is 32.3 Å². The molecule has 1 unspecified atom stereocenters.